The molecule has 0 spiro atoms. The van der Waals surface area contributed by atoms with Crippen LogP contribution in [0.15, 0.2) is 36.0 Å². The van der Waals surface area contributed by atoms with Gasteiger partial charge < -0.3 is 5.32 Å². The predicted molar refractivity (Wildman–Crippen MR) is 70.4 cm³/mol. The zero-order valence-corrected chi connectivity index (χ0v) is 11.3. The van der Waals surface area contributed by atoms with Crippen molar-refractivity contribution in [2.45, 2.75) is 25.9 Å². The molecule has 112 valence electrons. The van der Waals surface area contributed by atoms with Crippen LogP contribution < -0.4 is 5.32 Å². The van der Waals surface area contributed by atoms with E-state index in [1.807, 2.05) is 6.92 Å². The summed E-state index contributed by atoms with van der Waals surface area (Å²) in [5.74, 6) is -0.623. The number of benzene rings is 1. The Morgan fingerprint density at radius 2 is 2.00 bits per heavy atom. The summed E-state index contributed by atoms with van der Waals surface area (Å²) in [6.45, 7) is 1.88. The van der Waals surface area contributed by atoms with E-state index in [-0.39, 0.29) is 17.3 Å². The molecule has 3 nitrogen and oxygen atoms in total. The number of alkyl halides is 3. The van der Waals surface area contributed by atoms with E-state index < -0.39 is 17.6 Å². The summed E-state index contributed by atoms with van der Waals surface area (Å²) >= 11 is 0. The summed E-state index contributed by atoms with van der Waals surface area (Å²) < 4.78 is 37.8. The molecule has 0 bridgehead atoms. The summed E-state index contributed by atoms with van der Waals surface area (Å²) in [4.78, 5) is 23.4. The van der Waals surface area contributed by atoms with Gasteiger partial charge in [0.15, 0.2) is 5.78 Å². The molecule has 1 atom stereocenters. The van der Waals surface area contributed by atoms with Crippen molar-refractivity contribution < 1.29 is 22.8 Å². The van der Waals surface area contributed by atoms with Gasteiger partial charge in [0.2, 0.25) is 0 Å². The molecule has 1 unspecified atom stereocenters. The van der Waals surface area contributed by atoms with Gasteiger partial charge in [0, 0.05) is 23.8 Å². The zero-order valence-electron chi connectivity index (χ0n) is 11.3. The molecule has 0 heterocycles. The van der Waals surface area contributed by atoms with E-state index in [2.05, 4.69) is 5.32 Å². The molecule has 1 N–H and O–H groups in total. The molecule has 1 aliphatic carbocycles. The van der Waals surface area contributed by atoms with Gasteiger partial charge in [0.05, 0.1) is 5.56 Å². The molecule has 1 aromatic carbocycles. The van der Waals surface area contributed by atoms with Crippen LogP contribution in [0.25, 0.3) is 0 Å². The molecule has 0 radical (unpaired) electrons. The van der Waals surface area contributed by atoms with Gasteiger partial charge in [-0.1, -0.05) is 13.0 Å². The fraction of sp³-hybridized carbons (Fsp3) is 0.333. The van der Waals surface area contributed by atoms with Gasteiger partial charge in [-0.25, -0.2) is 0 Å². The number of ketones is 1. The molecule has 1 aliphatic rings. The van der Waals surface area contributed by atoms with Crippen molar-refractivity contribution in [3.05, 3.63) is 47.2 Å². The Kier molecular flexibility index (Phi) is 4.16. The van der Waals surface area contributed by atoms with E-state index in [1.165, 1.54) is 18.2 Å². The third kappa shape index (κ3) is 3.93. The minimum Gasteiger partial charge on any atom is -0.326 e. The average Bonchev–Trinajstić information content (AvgIpc) is 2.36. The molecule has 21 heavy (non-hydrogen) atoms. The van der Waals surface area contributed by atoms with Crippen LogP contribution in [-0.4, -0.2) is 11.7 Å². The summed E-state index contributed by atoms with van der Waals surface area (Å²) in [7, 11) is 0. The van der Waals surface area contributed by atoms with Crippen molar-refractivity contribution in [2.24, 2.45) is 5.92 Å². The smallest absolute Gasteiger partial charge is 0.326 e. The number of nitrogens with one attached hydrogen (secondary N) is 1. The first-order chi connectivity index (χ1) is 9.75. The van der Waals surface area contributed by atoms with Gasteiger partial charge in [-0.05, 0) is 30.5 Å². The van der Waals surface area contributed by atoms with Crippen molar-refractivity contribution in [3.8, 4) is 0 Å². The number of carbonyl (C=O) groups is 2. The second-order valence-electron chi connectivity index (χ2n) is 5.18. The van der Waals surface area contributed by atoms with E-state index in [0.29, 0.717) is 18.5 Å². The molecule has 1 amide bonds. The molecule has 0 saturated heterocycles. The highest BCUT2D eigenvalue weighted by molar-refractivity contribution is 5.97. The number of amides is 1. The first-order valence-electron chi connectivity index (χ1n) is 6.47. The van der Waals surface area contributed by atoms with E-state index in [0.717, 1.165) is 12.1 Å². The third-order valence-corrected chi connectivity index (χ3v) is 3.18. The molecule has 2 rings (SSSR count). The summed E-state index contributed by atoms with van der Waals surface area (Å²) in [6.07, 6.45) is -2.21. The van der Waals surface area contributed by atoms with Crippen LogP contribution in [0.4, 0.5) is 13.2 Å². The zero-order chi connectivity index (χ0) is 15.6. The maximum atomic E-state index is 12.6. The highest BCUT2D eigenvalue weighted by Crippen LogP contribution is 2.29. The third-order valence-electron chi connectivity index (χ3n) is 3.18. The minimum absolute atomic E-state index is 0.0867. The number of hydrogen-bond donors (Lipinski definition) is 1. The second kappa shape index (κ2) is 5.71. The first-order valence-corrected chi connectivity index (χ1v) is 6.47. The highest BCUT2D eigenvalue weighted by Gasteiger charge is 2.31. The van der Waals surface area contributed by atoms with E-state index >= 15 is 0 Å². The topological polar surface area (TPSA) is 46.2 Å². The van der Waals surface area contributed by atoms with Gasteiger partial charge in [0.1, 0.15) is 0 Å². The van der Waals surface area contributed by atoms with Gasteiger partial charge >= 0.3 is 6.18 Å². The van der Waals surface area contributed by atoms with Gasteiger partial charge in [0.25, 0.3) is 5.91 Å². The quantitative estimate of drug-likeness (QED) is 0.910. The largest absolute Gasteiger partial charge is 0.416 e. The average molecular weight is 297 g/mol. The van der Waals surface area contributed by atoms with Crippen molar-refractivity contribution in [3.63, 3.8) is 0 Å². The van der Waals surface area contributed by atoms with Crippen LogP contribution in [-0.2, 0) is 11.0 Å². The molecule has 1 aromatic rings. The predicted octanol–water partition coefficient (Wildman–Crippen LogP) is 3.32. The van der Waals surface area contributed by atoms with Crippen LogP contribution >= 0.6 is 0 Å². The lowest BCUT2D eigenvalue weighted by molar-refractivity contribution is -0.137. The lowest BCUT2D eigenvalue weighted by Gasteiger charge is -2.19. The van der Waals surface area contributed by atoms with Crippen molar-refractivity contribution in [1.82, 2.24) is 5.32 Å². The molecule has 0 fully saturated rings. The number of halogens is 3. The Balaban J connectivity index is 2.16. The maximum absolute atomic E-state index is 12.6. The second-order valence-corrected chi connectivity index (χ2v) is 5.18. The molecular weight excluding hydrogens is 283 g/mol. The molecule has 0 saturated carbocycles. The standard InChI is InChI=1S/C15H14F3NO2/c1-9-5-12(8-13(20)6-9)19-14(21)10-3-2-4-11(7-10)15(16,17)18/h2-4,7-9H,5-6H2,1H3,(H,19,21). The fourth-order valence-electron chi connectivity index (χ4n) is 2.25. The molecule has 0 aromatic heterocycles. The lowest BCUT2D eigenvalue weighted by atomic mass is 9.93. The van der Waals surface area contributed by atoms with E-state index in [1.54, 1.807) is 0 Å². The Labute approximate surface area is 119 Å². The van der Waals surface area contributed by atoms with Crippen molar-refractivity contribution in [2.75, 3.05) is 0 Å². The summed E-state index contributed by atoms with van der Waals surface area (Å²) in [5, 5.41) is 2.51. The molecule has 6 heteroatoms. The number of hydrogen-bond acceptors (Lipinski definition) is 2. The summed E-state index contributed by atoms with van der Waals surface area (Å²) in [5.41, 5.74) is -0.519. The van der Waals surface area contributed by atoms with Crippen LogP contribution in [0, 0.1) is 5.92 Å². The highest BCUT2D eigenvalue weighted by atomic mass is 19.4. The van der Waals surface area contributed by atoms with Crippen LogP contribution in [0.2, 0.25) is 0 Å². The molecule has 0 aliphatic heterocycles. The van der Waals surface area contributed by atoms with Gasteiger partial charge in [-0.3, -0.25) is 9.59 Å². The van der Waals surface area contributed by atoms with Crippen LogP contribution in [0.1, 0.15) is 35.7 Å². The van der Waals surface area contributed by atoms with Gasteiger partial charge in [-0.2, -0.15) is 13.2 Å². The minimum atomic E-state index is -4.50. The van der Waals surface area contributed by atoms with Crippen molar-refractivity contribution >= 4 is 11.7 Å². The lowest BCUT2D eigenvalue weighted by Crippen LogP contribution is -2.27. The SMILES string of the molecule is CC1CC(=O)C=C(NC(=O)c2cccc(C(F)(F)F)c2)C1. The van der Waals surface area contributed by atoms with Crippen LogP contribution in [0.5, 0.6) is 0 Å². The fourth-order valence-corrected chi connectivity index (χ4v) is 2.25. The maximum Gasteiger partial charge on any atom is 0.416 e. The Bertz CT molecular complexity index is 605. The van der Waals surface area contributed by atoms with Crippen LogP contribution in [0.3, 0.4) is 0 Å². The Morgan fingerprint density at radius 1 is 1.29 bits per heavy atom. The van der Waals surface area contributed by atoms with Gasteiger partial charge in [-0.15, -0.1) is 0 Å². The number of rotatable bonds is 2. The Hall–Kier alpha value is -2.11. The summed E-state index contributed by atoms with van der Waals surface area (Å²) in [6, 6.07) is 4.19. The molecular formula is C15H14F3NO2. The van der Waals surface area contributed by atoms with E-state index in [9.17, 15) is 22.8 Å². The van der Waals surface area contributed by atoms with E-state index in [4.69, 9.17) is 0 Å². The number of carbonyl (C=O) groups excluding carboxylic acids is 2. The Morgan fingerprint density at radius 3 is 2.62 bits per heavy atom. The first kappa shape index (κ1) is 15.3. The van der Waals surface area contributed by atoms with Crippen molar-refractivity contribution in [1.29, 1.82) is 0 Å². The number of allylic oxidation sites excluding steroid dienone is 2. The monoisotopic (exact) mass is 297 g/mol. The normalized spacial score (nSPS) is 19.1.